The van der Waals surface area contributed by atoms with Crippen LogP contribution >= 0.6 is 0 Å². The summed E-state index contributed by atoms with van der Waals surface area (Å²) in [4.78, 5) is 11.4. The van der Waals surface area contributed by atoms with Crippen LogP contribution in [0.15, 0.2) is 54.6 Å². The van der Waals surface area contributed by atoms with Crippen molar-refractivity contribution in [2.75, 3.05) is 6.61 Å². The molecule has 0 aliphatic heterocycles. The number of hydrogen-bond donors (Lipinski definition) is 0. The van der Waals surface area contributed by atoms with Crippen molar-refractivity contribution in [3.05, 3.63) is 54.6 Å². The van der Waals surface area contributed by atoms with Crippen LogP contribution in [0.5, 0.6) is 5.75 Å². The van der Waals surface area contributed by atoms with Gasteiger partial charge >= 0.3 is 5.97 Å². The van der Waals surface area contributed by atoms with Crippen LogP contribution in [-0.2, 0) is 9.53 Å². The minimum atomic E-state index is -0.389. The quantitative estimate of drug-likeness (QED) is 0.613. The highest BCUT2D eigenvalue weighted by atomic mass is 16.6. The van der Waals surface area contributed by atoms with Gasteiger partial charge in [-0.2, -0.15) is 0 Å². The molecule has 0 saturated carbocycles. The fraction of sp³-hybridized carbons (Fsp3) is 0.235. The normalized spacial score (nSPS) is 11.9. The molecule has 2 aromatic carbocycles. The van der Waals surface area contributed by atoms with Crippen molar-refractivity contribution >= 4 is 16.7 Å². The van der Waals surface area contributed by atoms with Gasteiger partial charge in [0.1, 0.15) is 18.5 Å². The van der Waals surface area contributed by atoms with Crippen molar-refractivity contribution in [3.8, 4) is 5.75 Å². The number of rotatable bonds is 5. The van der Waals surface area contributed by atoms with Gasteiger partial charge in [-0.1, -0.05) is 36.9 Å². The number of fused-ring (bicyclic) bond motifs is 1. The molecule has 0 radical (unpaired) electrons. The molecule has 0 fully saturated rings. The smallest absolute Gasteiger partial charge is 0.333 e. The van der Waals surface area contributed by atoms with Crippen LogP contribution in [0.4, 0.5) is 0 Å². The summed E-state index contributed by atoms with van der Waals surface area (Å²) >= 11 is 0. The molecule has 1 atom stereocenters. The molecule has 1 unspecified atom stereocenters. The number of carbonyl (C=O) groups is 1. The van der Waals surface area contributed by atoms with E-state index < -0.39 is 0 Å². The highest BCUT2D eigenvalue weighted by Gasteiger charge is 2.10. The van der Waals surface area contributed by atoms with E-state index in [9.17, 15) is 4.79 Å². The Morgan fingerprint density at radius 3 is 2.60 bits per heavy atom. The van der Waals surface area contributed by atoms with Gasteiger partial charge in [0.25, 0.3) is 0 Å². The summed E-state index contributed by atoms with van der Waals surface area (Å²) in [5.41, 5.74) is 0.391. The molecule has 0 N–H and O–H groups in total. The first-order chi connectivity index (χ1) is 9.56. The predicted octanol–water partition coefficient (Wildman–Crippen LogP) is 3.73. The summed E-state index contributed by atoms with van der Waals surface area (Å²) < 4.78 is 10.8. The first kappa shape index (κ1) is 14.1. The third kappa shape index (κ3) is 3.60. The van der Waals surface area contributed by atoms with Gasteiger partial charge in [-0.3, -0.25) is 0 Å². The second-order valence-electron chi connectivity index (χ2n) is 4.82. The number of benzene rings is 2. The van der Waals surface area contributed by atoms with Gasteiger partial charge in [-0.15, -0.1) is 0 Å². The van der Waals surface area contributed by atoms with Crippen molar-refractivity contribution in [3.63, 3.8) is 0 Å². The fourth-order valence-corrected chi connectivity index (χ4v) is 1.79. The van der Waals surface area contributed by atoms with Gasteiger partial charge in [0.2, 0.25) is 0 Å². The Morgan fingerprint density at radius 2 is 1.90 bits per heavy atom. The molecule has 2 rings (SSSR count). The van der Waals surface area contributed by atoms with E-state index in [0.29, 0.717) is 12.2 Å². The summed E-state index contributed by atoms with van der Waals surface area (Å²) in [5, 5.41) is 2.29. The number of ether oxygens (including phenoxy) is 2. The molecule has 3 nitrogen and oxygen atoms in total. The van der Waals surface area contributed by atoms with Gasteiger partial charge < -0.3 is 9.47 Å². The number of hydrogen-bond acceptors (Lipinski definition) is 3. The second kappa shape index (κ2) is 6.24. The van der Waals surface area contributed by atoms with Crippen molar-refractivity contribution in [1.29, 1.82) is 0 Å². The van der Waals surface area contributed by atoms with Gasteiger partial charge in [0.15, 0.2) is 0 Å². The van der Waals surface area contributed by atoms with E-state index in [1.165, 1.54) is 5.39 Å². The molecule has 0 aromatic heterocycles. The van der Waals surface area contributed by atoms with E-state index in [1.54, 1.807) is 13.8 Å². The second-order valence-corrected chi connectivity index (χ2v) is 4.82. The Balaban J connectivity index is 1.95. The predicted molar refractivity (Wildman–Crippen MR) is 79.8 cm³/mol. The molecule has 0 spiro atoms. The molecule has 2 aromatic rings. The minimum absolute atomic E-state index is 0.314. The van der Waals surface area contributed by atoms with Crippen LogP contribution in [0.3, 0.4) is 0 Å². The van der Waals surface area contributed by atoms with E-state index in [1.807, 2.05) is 36.4 Å². The Kier molecular flexibility index (Phi) is 4.41. The first-order valence-corrected chi connectivity index (χ1v) is 6.54. The lowest BCUT2D eigenvalue weighted by molar-refractivity contribution is -0.144. The lowest BCUT2D eigenvalue weighted by atomic mass is 10.1. The van der Waals surface area contributed by atoms with E-state index >= 15 is 0 Å². The van der Waals surface area contributed by atoms with Gasteiger partial charge in [0.05, 0.1) is 0 Å². The molecule has 3 heteroatoms. The molecular weight excluding hydrogens is 252 g/mol. The van der Waals surface area contributed by atoms with Gasteiger partial charge in [-0.05, 0) is 36.8 Å². The third-order valence-corrected chi connectivity index (χ3v) is 2.86. The first-order valence-electron chi connectivity index (χ1n) is 6.54. The highest BCUT2D eigenvalue weighted by Crippen LogP contribution is 2.20. The zero-order valence-electron chi connectivity index (χ0n) is 11.8. The van der Waals surface area contributed by atoms with Crippen molar-refractivity contribution in [2.45, 2.75) is 20.0 Å². The molecule has 0 saturated heterocycles. The average molecular weight is 270 g/mol. The van der Waals surface area contributed by atoms with Crippen molar-refractivity contribution in [2.24, 2.45) is 0 Å². The Bertz CT molecular complexity index is 631. The monoisotopic (exact) mass is 270 g/mol. The minimum Gasteiger partial charge on any atom is -0.490 e. The van der Waals surface area contributed by atoms with Gasteiger partial charge in [-0.25, -0.2) is 4.79 Å². The van der Waals surface area contributed by atoms with Crippen molar-refractivity contribution in [1.82, 2.24) is 0 Å². The molecular formula is C17H18O3. The number of carbonyl (C=O) groups excluding carboxylic acids is 1. The standard InChI is InChI=1S/C17H18O3/c1-12(2)17(18)20-13(3)11-19-16-9-8-14-6-4-5-7-15(14)10-16/h4-10,13H,1,11H2,2-3H3. The molecule has 0 heterocycles. The largest absolute Gasteiger partial charge is 0.490 e. The summed E-state index contributed by atoms with van der Waals surface area (Å²) in [6.45, 7) is 7.28. The van der Waals surface area contributed by atoms with Crippen LogP contribution in [0.25, 0.3) is 10.8 Å². The SMILES string of the molecule is C=C(C)C(=O)OC(C)COc1ccc2ccccc2c1. The van der Waals surface area contributed by atoms with Crippen LogP contribution in [0, 0.1) is 0 Å². The molecule has 104 valence electrons. The highest BCUT2D eigenvalue weighted by molar-refractivity contribution is 5.87. The Labute approximate surface area is 118 Å². The van der Waals surface area contributed by atoms with Crippen LogP contribution in [-0.4, -0.2) is 18.7 Å². The van der Waals surface area contributed by atoms with Crippen LogP contribution in [0.2, 0.25) is 0 Å². The van der Waals surface area contributed by atoms with Crippen LogP contribution in [0.1, 0.15) is 13.8 Å². The average Bonchev–Trinajstić information content (AvgIpc) is 2.44. The van der Waals surface area contributed by atoms with E-state index in [0.717, 1.165) is 11.1 Å². The summed E-state index contributed by atoms with van der Waals surface area (Å²) in [6.07, 6.45) is -0.314. The number of esters is 1. The fourth-order valence-electron chi connectivity index (χ4n) is 1.79. The molecule has 0 amide bonds. The summed E-state index contributed by atoms with van der Waals surface area (Å²) in [7, 11) is 0. The lowest BCUT2D eigenvalue weighted by Gasteiger charge is -2.14. The maximum atomic E-state index is 11.4. The van der Waals surface area contributed by atoms with E-state index in [4.69, 9.17) is 9.47 Å². The summed E-state index contributed by atoms with van der Waals surface area (Å²) in [5.74, 6) is 0.376. The van der Waals surface area contributed by atoms with Crippen molar-refractivity contribution < 1.29 is 14.3 Å². The maximum Gasteiger partial charge on any atom is 0.333 e. The lowest BCUT2D eigenvalue weighted by Crippen LogP contribution is -2.22. The molecule has 0 bridgehead atoms. The van der Waals surface area contributed by atoms with Gasteiger partial charge in [0, 0.05) is 5.57 Å². The third-order valence-electron chi connectivity index (χ3n) is 2.86. The molecule has 0 aliphatic carbocycles. The van der Waals surface area contributed by atoms with E-state index in [-0.39, 0.29) is 12.1 Å². The zero-order chi connectivity index (χ0) is 14.5. The molecule has 0 aliphatic rings. The Morgan fingerprint density at radius 1 is 1.20 bits per heavy atom. The summed E-state index contributed by atoms with van der Waals surface area (Å²) in [6, 6.07) is 14.0. The topological polar surface area (TPSA) is 35.5 Å². The zero-order valence-corrected chi connectivity index (χ0v) is 11.8. The Hall–Kier alpha value is -2.29. The maximum absolute atomic E-state index is 11.4. The van der Waals surface area contributed by atoms with E-state index in [2.05, 4.69) is 12.6 Å². The van der Waals surface area contributed by atoms with Crippen LogP contribution < -0.4 is 4.74 Å². The molecule has 20 heavy (non-hydrogen) atoms.